The van der Waals surface area contributed by atoms with Gasteiger partial charge in [0, 0.05) is 19.1 Å². The molecule has 0 unspecified atom stereocenters. The van der Waals surface area contributed by atoms with E-state index < -0.39 is 0 Å². The normalized spacial score (nSPS) is 14.1. The lowest BCUT2D eigenvalue weighted by Gasteiger charge is -2.24. The summed E-state index contributed by atoms with van der Waals surface area (Å²) in [6, 6.07) is 6.07. The lowest BCUT2D eigenvalue weighted by molar-refractivity contribution is -0.383. The van der Waals surface area contributed by atoms with Gasteiger partial charge in [0.05, 0.1) is 4.92 Å². The molecule has 0 spiro atoms. The molecule has 1 aliphatic rings. The Morgan fingerprint density at radius 2 is 2.10 bits per heavy atom. The maximum atomic E-state index is 11.5. The zero-order valence-corrected chi connectivity index (χ0v) is 12.3. The van der Waals surface area contributed by atoms with Crippen LogP contribution in [0.25, 0.3) is 0 Å². The number of anilines is 2. The second-order valence-corrected chi connectivity index (χ2v) is 5.28. The molecule has 0 aromatic heterocycles. The minimum atomic E-state index is -0.252. The van der Waals surface area contributed by atoms with Gasteiger partial charge in [-0.2, -0.15) is 0 Å². The molecule has 0 radical (unpaired) electrons. The number of nitro groups is 1. The van der Waals surface area contributed by atoms with E-state index in [-0.39, 0.29) is 10.6 Å². The van der Waals surface area contributed by atoms with Crippen molar-refractivity contribution < 1.29 is 4.92 Å². The first-order chi connectivity index (χ1) is 9.69. The highest BCUT2D eigenvalue weighted by Crippen LogP contribution is 2.40. The maximum Gasteiger partial charge on any atom is 0.315 e. The maximum absolute atomic E-state index is 11.5. The molecule has 110 valence electrons. The number of rotatable bonds is 8. The van der Waals surface area contributed by atoms with Crippen LogP contribution in [0.2, 0.25) is 0 Å². The van der Waals surface area contributed by atoms with Crippen LogP contribution in [0.4, 0.5) is 17.1 Å². The molecule has 0 heterocycles. The molecule has 1 saturated carbocycles. The van der Waals surface area contributed by atoms with E-state index in [0.717, 1.165) is 44.5 Å². The largest absolute Gasteiger partial charge is 0.379 e. The van der Waals surface area contributed by atoms with Crippen molar-refractivity contribution in [3.8, 4) is 0 Å². The second kappa shape index (κ2) is 6.59. The molecule has 0 aliphatic heterocycles. The van der Waals surface area contributed by atoms with E-state index in [1.807, 2.05) is 12.1 Å². The molecule has 1 N–H and O–H groups in total. The van der Waals surface area contributed by atoms with E-state index in [4.69, 9.17) is 0 Å². The Morgan fingerprint density at radius 1 is 1.35 bits per heavy atom. The van der Waals surface area contributed by atoms with Crippen molar-refractivity contribution in [2.45, 2.75) is 45.6 Å². The second-order valence-electron chi connectivity index (χ2n) is 5.28. The first-order valence-electron chi connectivity index (χ1n) is 7.47. The highest BCUT2D eigenvalue weighted by Gasteiger charge is 2.33. The summed E-state index contributed by atoms with van der Waals surface area (Å²) in [5, 5.41) is 14.7. The van der Waals surface area contributed by atoms with Crippen LogP contribution in [-0.4, -0.2) is 24.1 Å². The summed E-state index contributed by atoms with van der Waals surface area (Å²) in [6.45, 7) is 5.79. The smallest absolute Gasteiger partial charge is 0.315 e. The summed E-state index contributed by atoms with van der Waals surface area (Å²) >= 11 is 0. The molecule has 0 amide bonds. The summed E-state index contributed by atoms with van der Waals surface area (Å²) in [5.74, 6) is 0. The summed E-state index contributed by atoms with van der Waals surface area (Å²) in [5.41, 5.74) is 1.62. The predicted octanol–water partition coefficient (Wildman–Crippen LogP) is 3.80. The Morgan fingerprint density at radius 3 is 2.65 bits per heavy atom. The van der Waals surface area contributed by atoms with Gasteiger partial charge in [0.1, 0.15) is 11.4 Å². The van der Waals surface area contributed by atoms with Crippen molar-refractivity contribution in [1.82, 2.24) is 0 Å². The van der Waals surface area contributed by atoms with Crippen molar-refractivity contribution >= 4 is 17.1 Å². The molecule has 0 atom stereocenters. The Kier molecular flexibility index (Phi) is 4.82. The number of benzene rings is 1. The van der Waals surface area contributed by atoms with Crippen molar-refractivity contribution in [1.29, 1.82) is 0 Å². The van der Waals surface area contributed by atoms with Gasteiger partial charge in [0.25, 0.3) is 0 Å². The first kappa shape index (κ1) is 14.6. The summed E-state index contributed by atoms with van der Waals surface area (Å²) < 4.78 is 0. The molecule has 0 saturated heterocycles. The molecule has 5 heteroatoms. The van der Waals surface area contributed by atoms with Crippen LogP contribution in [0.5, 0.6) is 0 Å². The number of nitro benzene ring substituents is 1. The van der Waals surface area contributed by atoms with E-state index in [9.17, 15) is 10.1 Å². The van der Waals surface area contributed by atoms with Gasteiger partial charge in [-0.05, 0) is 37.8 Å². The Bertz CT molecular complexity index is 472. The molecule has 1 aromatic rings. The number of para-hydroxylation sites is 1. The van der Waals surface area contributed by atoms with Crippen molar-refractivity contribution in [2.75, 3.05) is 23.3 Å². The molecule has 20 heavy (non-hydrogen) atoms. The van der Waals surface area contributed by atoms with E-state index in [2.05, 4.69) is 24.1 Å². The van der Waals surface area contributed by atoms with Gasteiger partial charge in [0.2, 0.25) is 0 Å². The van der Waals surface area contributed by atoms with Gasteiger partial charge in [-0.3, -0.25) is 10.1 Å². The standard InChI is InChI=1S/C15H23N3O2/c1-3-10-16-13-6-5-7-14(15(13)18(19)20)17(11-4-2)12-8-9-12/h5-7,12,16H,3-4,8-11H2,1-2H3. The molecular formula is C15H23N3O2. The molecule has 1 aliphatic carbocycles. The average Bonchev–Trinajstić information content (AvgIpc) is 3.26. The van der Waals surface area contributed by atoms with Gasteiger partial charge in [-0.25, -0.2) is 0 Å². The monoisotopic (exact) mass is 277 g/mol. The third kappa shape index (κ3) is 3.21. The Hall–Kier alpha value is -1.78. The highest BCUT2D eigenvalue weighted by molar-refractivity contribution is 5.77. The fourth-order valence-corrected chi connectivity index (χ4v) is 2.48. The molecular weight excluding hydrogens is 254 g/mol. The number of nitrogens with one attached hydrogen (secondary N) is 1. The molecule has 5 nitrogen and oxygen atoms in total. The minimum absolute atomic E-state index is 0.223. The van der Waals surface area contributed by atoms with Crippen LogP contribution in [0, 0.1) is 10.1 Å². The van der Waals surface area contributed by atoms with Gasteiger partial charge in [0.15, 0.2) is 0 Å². The van der Waals surface area contributed by atoms with Crippen LogP contribution in [0.3, 0.4) is 0 Å². The predicted molar refractivity (Wildman–Crippen MR) is 82.5 cm³/mol. The van der Waals surface area contributed by atoms with Crippen LogP contribution in [-0.2, 0) is 0 Å². The minimum Gasteiger partial charge on any atom is -0.379 e. The van der Waals surface area contributed by atoms with Gasteiger partial charge in [-0.1, -0.05) is 19.9 Å². The third-order valence-electron chi connectivity index (χ3n) is 3.52. The fraction of sp³-hybridized carbons (Fsp3) is 0.600. The fourth-order valence-electron chi connectivity index (χ4n) is 2.48. The van der Waals surface area contributed by atoms with Crippen molar-refractivity contribution in [3.63, 3.8) is 0 Å². The number of hydrogen-bond acceptors (Lipinski definition) is 4. The quantitative estimate of drug-likeness (QED) is 0.580. The molecule has 2 rings (SSSR count). The number of hydrogen-bond donors (Lipinski definition) is 1. The summed E-state index contributed by atoms with van der Waals surface area (Å²) in [6.07, 6.45) is 4.23. The lowest BCUT2D eigenvalue weighted by atomic mass is 10.2. The molecule has 0 bridgehead atoms. The molecule has 1 aromatic carbocycles. The summed E-state index contributed by atoms with van der Waals surface area (Å²) in [4.78, 5) is 13.4. The zero-order chi connectivity index (χ0) is 14.5. The Labute approximate surface area is 120 Å². The van der Waals surface area contributed by atoms with Crippen molar-refractivity contribution in [2.24, 2.45) is 0 Å². The topological polar surface area (TPSA) is 58.4 Å². The zero-order valence-electron chi connectivity index (χ0n) is 12.3. The van der Waals surface area contributed by atoms with Gasteiger partial charge in [-0.15, -0.1) is 0 Å². The van der Waals surface area contributed by atoms with E-state index in [1.165, 1.54) is 0 Å². The Balaban J connectivity index is 2.37. The van der Waals surface area contributed by atoms with E-state index in [1.54, 1.807) is 6.07 Å². The van der Waals surface area contributed by atoms with Crippen LogP contribution in [0.1, 0.15) is 39.5 Å². The van der Waals surface area contributed by atoms with Gasteiger partial charge >= 0.3 is 5.69 Å². The van der Waals surface area contributed by atoms with Crippen LogP contribution >= 0.6 is 0 Å². The van der Waals surface area contributed by atoms with E-state index in [0.29, 0.717) is 11.7 Å². The lowest BCUT2D eigenvalue weighted by Crippen LogP contribution is -2.27. The highest BCUT2D eigenvalue weighted by atomic mass is 16.6. The van der Waals surface area contributed by atoms with Crippen LogP contribution < -0.4 is 10.2 Å². The van der Waals surface area contributed by atoms with Crippen LogP contribution in [0.15, 0.2) is 18.2 Å². The van der Waals surface area contributed by atoms with E-state index >= 15 is 0 Å². The summed E-state index contributed by atoms with van der Waals surface area (Å²) in [7, 11) is 0. The first-order valence-corrected chi connectivity index (χ1v) is 7.47. The van der Waals surface area contributed by atoms with Gasteiger partial charge < -0.3 is 10.2 Å². The number of nitrogens with zero attached hydrogens (tertiary/aromatic N) is 2. The average molecular weight is 277 g/mol. The third-order valence-corrected chi connectivity index (χ3v) is 3.52. The molecule has 1 fully saturated rings. The SMILES string of the molecule is CCCNc1cccc(N(CCC)C2CC2)c1[N+](=O)[O-]. The van der Waals surface area contributed by atoms with Crippen molar-refractivity contribution in [3.05, 3.63) is 28.3 Å².